The molecule has 3 heterocycles. The maximum absolute atomic E-state index is 11.5. The molecule has 2 aliphatic heterocycles. The number of nitrogens with zero attached hydrogens (tertiary/aromatic N) is 3. The number of morpholine rings is 1. The van der Waals surface area contributed by atoms with Gasteiger partial charge in [0, 0.05) is 30.1 Å². The molecular weight excluding hydrogens is 310 g/mol. The summed E-state index contributed by atoms with van der Waals surface area (Å²) in [5.41, 5.74) is 0.912. The van der Waals surface area contributed by atoms with Gasteiger partial charge in [0.25, 0.3) is 0 Å². The molecule has 1 aromatic rings. The lowest BCUT2D eigenvalue weighted by Gasteiger charge is -2.28. The van der Waals surface area contributed by atoms with Crippen LogP contribution in [0, 0.1) is 6.92 Å². The number of aromatic nitrogens is 2. The standard InChI is InChI=1S/C13H19N3O3S2/c1-10-8-12(16-3-5-19-6-4-16)15-13(14-10)20-11-2-7-21(17,18)9-11/h8,11H,2-7,9H2,1H3/t11-/m1/s1. The second-order valence-corrected chi connectivity index (χ2v) is 8.89. The summed E-state index contributed by atoms with van der Waals surface area (Å²) in [5.74, 6) is 1.43. The molecule has 6 nitrogen and oxygen atoms in total. The predicted octanol–water partition coefficient (Wildman–Crippen LogP) is 0.901. The summed E-state index contributed by atoms with van der Waals surface area (Å²) in [6, 6.07) is 1.97. The minimum Gasteiger partial charge on any atom is -0.378 e. The van der Waals surface area contributed by atoms with E-state index in [9.17, 15) is 8.42 Å². The number of hydrogen-bond acceptors (Lipinski definition) is 7. The third-order valence-electron chi connectivity index (χ3n) is 3.62. The molecule has 0 bridgehead atoms. The molecule has 0 saturated carbocycles. The maximum Gasteiger partial charge on any atom is 0.190 e. The van der Waals surface area contributed by atoms with Gasteiger partial charge in [-0.15, -0.1) is 0 Å². The van der Waals surface area contributed by atoms with Crippen molar-refractivity contribution in [1.29, 1.82) is 0 Å². The van der Waals surface area contributed by atoms with E-state index in [-0.39, 0.29) is 16.8 Å². The summed E-state index contributed by atoms with van der Waals surface area (Å²) >= 11 is 1.49. The highest BCUT2D eigenvalue weighted by Gasteiger charge is 2.29. The molecule has 0 spiro atoms. The summed E-state index contributed by atoms with van der Waals surface area (Å²) in [6.45, 7) is 5.04. The van der Waals surface area contributed by atoms with Crippen LogP contribution < -0.4 is 4.90 Å². The van der Waals surface area contributed by atoms with Gasteiger partial charge in [-0.05, 0) is 13.3 Å². The number of ether oxygens (including phenoxy) is 1. The van der Waals surface area contributed by atoms with E-state index in [4.69, 9.17) is 4.74 Å². The van der Waals surface area contributed by atoms with E-state index in [0.717, 1.165) is 24.6 Å². The fraction of sp³-hybridized carbons (Fsp3) is 0.692. The van der Waals surface area contributed by atoms with Crippen molar-refractivity contribution in [2.75, 3.05) is 42.7 Å². The number of anilines is 1. The third-order valence-corrected chi connectivity index (χ3v) is 6.73. The minimum absolute atomic E-state index is 0.0781. The van der Waals surface area contributed by atoms with Crippen LogP contribution in [-0.2, 0) is 14.6 Å². The first-order valence-corrected chi connectivity index (χ1v) is 9.77. The number of aryl methyl sites for hydroxylation is 1. The smallest absolute Gasteiger partial charge is 0.190 e. The fourth-order valence-electron chi connectivity index (χ4n) is 2.54. The first-order valence-electron chi connectivity index (χ1n) is 7.07. The molecule has 2 aliphatic rings. The predicted molar refractivity (Wildman–Crippen MR) is 82.7 cm³/mol. The highest BCUT2D eigenvalue weighted by molar-refractivity contribution is 8.01. The van der Waals surface area contributed by atoms with Crippen molar-refractivity contribution in [1.82, 2.24) is 9.97 Å². The first-order chi connectivity index (χ1) is 10.0. The molecule has 0 amide bonds. The van der Waals surface area contributed by atoms with Crippen LogP contribution in [0.1, 0.15) is 12.1 Å². The van der Waals surface area contributed by atoms with Crippen LogP contribution in [0.2, 0.25) is 0 Å². The zero-order chi connectivity index (χ0) is 14.9. The summed E-state index contributed by atoms with van der Waals surface area (Å²) in [5, 5.41) is 0.757. The van der Waals surface area contributed by atoms with E-state index in [0.29, 0.717) is 24.8 Å². The van der Waals surface area contributed by atoms with Gasteiger partial charge >= 0.3 is 0 Å². The Morgan fingerprint density at radius 2 is 2.10 bits per heavy atom. The van der Waals surface area contributed by atoms with Crippen molar-refractivity contribution < 1.29 is 13.2 Å². The summed E-state index contributed by atoms with van der Waals surface area (Å²) in [6.07, 6.45) is 0.692. The molecule has 2 saturated heterocycles. The van der Waals surface area contributed by atoms with Crippen LogP contribution in [0.15, 0.2) is 11.2 Å². The second-order valence-electron chi connectivity index (χ2n) is 5.39. The lowest BCUT2D eigenvalue weighted by Crippen LogP contribution is -2.36. The Bertz CT molecular complexity index is 615. The SMILES string of the molecule is Cc1cc(N2CCOCC2)nc(S[C@@H]2CCS(=O)(=O)C2)n1. The topological polar surface area (TPSA) is 72.4 Å². The first kappa shape index (κ1) is 15.1. The Hall–Kier alpha value is -0.860. The average Bonchev–Trinajstić information content (AvgIpc) is 2.78. The lowest BCUT2D eigenvalue weighted by molar-refractivity contribution is 0.122. The van der Waals surface area contributed by atoms with Gasteiger partial charge in [-0.2, -0.15) is 0 Å². The van der Waals surface area contributed by atoms with E-state index in [2.05, 4.69) is 14.9 Å². The van der Waals surface area contributed by atoms with Crippen molar-refractivity contribution in [2.45, 2.75) is 23.8 Å². The Balaban J connectivity index is 1.75. The molecule has 3 rings (SSSR count). The van der Waals surface area contributed by atoms with E-state index in [1.54, 1.807) is 0 Å². The third kappa shape index (κ3) is 3.87. The van der Waals surface area contributed by atoms with Gasteiger partial charge in [-0.25, -0.2) is 18.4 Å². The molecule has 1 aromatic heterocycles. The van der Waals surface area contributed by atoms with Crippen LogP contribution in [-0.4, -0.2) is 61.4 Å². The van der Waals surface area contributed by atoms with Crippen molar-refractivity contribution >= 4 is 27.4 Å². The minimum atomic E-state index is -2.86. The highest BCUT2D eigenvalue weighted by atomic mass is 32.2. The van der Waals surface area contributed by atoms with Crippen molar-refractivity contribution in [3.8, 4) is 0 Å². The van der Waals surface area contributed by atoms with Gasteiger partial charge in [0.2, 0.25) is 0 Å². The van der Waals surface area contributed by atoms with Crippen LogP contribution in [0.4, 0.5) is 5.82 Å². The molecule has 0 N–H and O–H groups in total. The lowest BCUT2D eigenvalue weighted by atomic mass is 10.3. The number of rotatable bonds is 3. The Morgan fingerprint density at radius 3 is 2.76 bits per heavy atom. The van der Waals surface area contributed by atoms with Gasteiger partial charge < -0.3 is 9.64 Å². The van der Waals surface area contributed by atoms with E-state index >= 15 is 0 Å². The van der Waals surface area contributed by atoms with Gasteiger partial charge in [0.05, 0.1) is 24.7 Å². The van der Waals surface area contributed by atoms with Gasteiger partial charge in [-0.1, -0.05) is 11.8 Å². The van der Waals surface area contributed by atoms with E-state index in [1.807, 2.05) is 13.0 Å². The largest absolute Gasteiger partial charge is 0.378 e. The van der Waals surface area contributed by atoms with Crippen LogP contribution in [0.3, 0.4) is 0 Å². The monoisotopic (exact) mass is 329 g/mol. The van der Waals surface area contributed by atoms with Crippen molar-refractivity contribution in [2.24, 2.45) is 0 Å². The summed E-state index contributed by atoms with van der Waals surface area (Å²) in [7, 11) is -2.86. The molecule has 0 radical (unpaired) electrons. The molecule has 0 aromatic carbocycles. The van der Waals surface area contributed by atoms with Crippen LogP contribution in [0.5, 0.6) is 0 Å². The Labute approximate surface area is 129 Å². The number of thioether (sulfide) groups is 1. The number of hydrogen-bond donors (Lipinski definition) is 0. The Kier molecular flexibility index (Phi) is 4.37. The summed E-state index contributed by atoms with van der Waals surface area (Å²) in [4.78, 5) is 11.2. The van der Waals surface area contributed by atoms with Crippen molar-refractivity contribution in [3.05, 3.63) is 11.8 Å². The quantitative estimate of drug-likeness (QED) is 0.763. The molecule has 2 fully saturated rings. The molecule has 21 heavy (non-hydrogen) atoms. The molecule has 0 aliphatic carbocycles. The Morgan fingerprint density at radius 1 is 1.33 bits per heavy atom. The van der Waals surface area contributed by atoms with Crippen molar-refractivity contribution in [3.63, 3.8) is 0 Å². The van der Waals surface area contributed by atoms with E-state index in [1.165, 1.54) is 11.8 Å². The zero-order valence-electron chi connectivity index (χ0n) is 12.0. The molecule has 8 heteroatoms. The van der Waals surface area contributed by atoms with Gasteiger partial charge in [0.1, 0.15) is 5.82 Å². The van der Waals surface area contributed by atoms with E-state index < -0.39 is 9.84 Å². The molecule has 0 unspecified atom stereocenters. The van der Waals surface area contributed by atoms with Crippen LogP contribution >= 0.6 is 11.8 Å². The van der Waals surface area contributed by atoms with Gasteiger partial charge in [0.15, 0.2) is 15.0 Å². The average molecular weight is 329 g/mol. The molecule has 1 atom stereocenters. The highest BCUT2D eigenvalue weighted by Crippen LogP contribution is 2.30. The zero-order valence-corrected chi connectivity index (χ0v) is 13.6. The summed E-state index contributed by atoms with van der Waals surface area (Å²) < 4.78 is 28.4. The number of sulfone groups is 1. The second kappa shape index (κ2) is 6.10. The normalized spacial score (nSPS) is 25.2. The maximum atomic E-state index is 11.5. The molecule has 116 valence electrons. The fourth-order valence-corrected chi connectivity index (χ4v) is 6.00. The van der Waals surface area contributed by atoms with Gasteiger partial charge in [-0.3, -0.25) is 0 Å². The molecular formula is C13H19N3O3S2. The van der Waals surface area contributed by atoms with Crippen LogP contribution in [0.25, 0.3) is 0 Å².